The van der Waals surface area contributed by atoms with E-state index in [4.69, 9.17) is 22.3 Å². The summed E-state index contributed by atoms with van der Waals surface area (Å²) in [5.41, 5.74) is 8.75. The summed E-state index contributed by atoms with van der Waals surface area (Å²) in [7, 11) is 0. The van der Waals surface area contributed by atoms with E-state index in [-0.39, 0.29) is 0 Å². The summed E-state index contributed by atoms with van der Waals surface area (Å²) in [5.74, 6) is 0.806. The Labute approximate surface area is 150 Å². The fourth-order valence-corrected chi connectivity index (χ4v) is 3.37. The molecule has 1 aliphatic rings. The summed E-state index contributed by atoms with van der Waals surface area (Å²) < 4.78 is 15.9. The molecule has 4 rings (SSSR count). The van der Waals surface area contributed by atoms with E-state index < -0.39 is 12.2 Å². The average Bonchev–Trinajstić information content (AvgIpc) is 2.98. The summed E-state index contributed by atoms with van der Waals surface area (Å²) in [6, 6.07) is 11.2. The maximum atomic E-state index is 13.8. The fourth-order valence-electron chi connectivity index (χ4n) is 3.26. The van der Waals surface area contributed by atoms with Crippen LogP contribution in [0.15, 0.2) is 42.6 Å². The lowest BCUT2D eigenvalue weighted by molar-refractivity contribution is 0.243. The normalized spacial score (nSPS) is 21.0. The zero-order valence-electron chi connectivity index (χ0n) is 13.6. The van der Waals surface area contributed by atoms with Gasteiger partial charge in [0.05, 0.1) is 34.3 Å². The number of nitrogens with zero attached hydrogens (tertiary/aromatic N) is 4. The van der Waals surface area contributed by atoms with E-state index in [0.717, 1.165) is 22.7 Å². The molecule has 0 saturated carbocycles. The number of hydrogen-bond acceptors (Lipinski definition) is 4. The molecule has 0 aliphatic carbocycles. The van der Waals surface area contributed by atoms with Gasteiger partial charge in [0.25, 0.3) is 0 Å². The third kappa shape index (κ3) is 3.19. The summed E-state index contributed by atoms with van der Waals surface area (Å²) >= 11 is 5.93. The summed E-state index contributed by atoms with van der Waals surface area (Å²) in [6.07, 6.45) is 1.11. The van der Waals surface area contributed by atoms with E-state index in [2.05, 4.69) is 14.5 Å². The van der Waals surface area contributed by atoms with Gasteiger partial charge in [-0.05, 0) is 30.7 Å². The first-order chi connectivity index (χ1) is 12.1. The maximum Gasteiger partial charge on any atom is 0.206 e. The fraction of sp³-hybridized carbons (Fsp3) is 0.333. The minimum absolute atomic E-state index is 0.420. The monoisotopic (exact) mass is 359 g/mol. The van der Waals surface area contributed by atoms with Gasteiger partial charge >= 0.3 is 0 Å². The second-order valence-corrected chi connectivity index (χ2v) is 6.81. The van der Waals surface area contributed by atoms with Gasteiger partial charge in [-0.25, -0.2) is 9.37 Å². The molecule has 2 aromatic heterocycles. The molecule has 0 bridgehead atoms. The van der Waals surface area contributed by atoms with Gasteiger partial charge in [-0.3, -0.25) is 4.98 Å². The number of nitrogens with two attached hydrogens (primary N) is 1. The van der Waals surface area contributed by atoms with Crippen LogP contribution >= 0.6 is 11.6 Å². The van der Waals surface area contributed by atoms with Crippen molar-refractivity contribution in [1.82, 2.24) is 14.5 Å². The van der Waals surface area contributed by atoms with Crippen LogP contribution in [-0.2, 0) is 6.54 Å². The number of rotatable bonds is 3. The molecule has 0 radical (unpaired) electrons. The van der Waals surface area contributed by atoms with Crippen LogP contribution in [0.25, 0.3) is 11.0 Å². The lowest BCUT2D eigenvalue weighted by atomic mass is 10.1. The molecule has 25 heavy (non-hydrogen) atoms. The molecule has 1 aliphatic heterocycles. The second-order valence-electron chi connectivity index (χ2n) is 6.37. The van der Waals surface area contributed by atoms with Crippen LogP contribution in [0, 0.1) is 0 Å². The number of fused-ring (bicyclic) bond motifs is 1. The number of piperidine rings is 1. The van der Waals surface area contributed by atoms with Crippen molar-refractivity contribution in [2.75, 3.05) is 18.0 Å². The highest BCUT2D eigenvalue weighted by Crippen LogP contribution is 2.26. The van der Waals surface area contributed by atoms with Crippen molar-refractivity contribution in [3.05, 3.63) is 53.3 Å². The summed E-state index contributed by atoms with van der Waals surface area (Å²) in [6.45, 7) is 1.63. The number of para-hydroxylation sites is 2. The lowest BCUT2D eigenvalue weighted by Crippen LogP contribution is -2.50. The van der Waals surface area contributed by atoms with Crippen LogP contribution < -0.4 is 10.6 Å². The molecule has 5 nitrogen and oxygen atoms in total. The standard InChI is InChI=1S/C18H19ClFN5/c19-12-5-6-13(22-9-12)10-25-17-4-2-1-3-16(17)23-18(25)24-8-7-14(20)15(21)11-24/h1-6,9,14-15H,7-8,10-11,21H2/t14-,15-/m1/s1. The lowest BCUT2D eigenvalue weighted by Gasteiger charge is -2.34. The minimum atomic E-state index is -0.952. The van der Waals surface area contributed by atoms with Crippen LogP contribution in [0.2, 0.25) is 5.02 Å². The Kier molecular flexibility index (Phi) is 4.31. The Hall–Kier alpha value is -2.18. The van der Waals surface area contributed by atoms with Crippen molar-refractivity contribution in [3.8, 4) is 0 Å². The molecule has 0 amide bonds. The topological polar surface area (TPSA) is 60.0 Å². The van der Waals surface area contributed by atoms with E-state index in [1.54, 1.807) is 6.20 Å². The van der Waals surface area contributed by atoms with Crippen molar-refractivity contribution < 1.29 is 4.39 Å². The van der Waals surface area contributed by atoms with E-state index in [1.165, 1.54) is 0 Å². The van der Waals surface area contributed by atoms with Gasteiger partial charge in [-0.15, -0.1) is 0 Å². The van der Waals surface area contributed by atoms with Gasteiger partial charge in [-0.2, -0.15) is 0 Å². The molecule has 3 aromatic rings. The van der Waals surface area contributed by atoms with Crippen LogP contribution in [0.1, 0.15) is 12.1 Å². The van der Waals surface area contributed by atoms with E-state index in [1.807, 2.05) is 36.4 Å². The Bertz CT molecular complexity index is 879. The molecular weight excluding hydrogens is 341 g/mol. The number of imidazole rings is 1. The van der Waals surface area contributed by atoms with Crippen molar-refractivity contribution in [3.63, 3.8) is 0 Å². The molecule has 1 saturated heterocycles. The van der Waals surface area contributed by atoms with Crippen LogP contribution in [0.5, 0.6) is 0 Å². The Balaban J connectivity index is 1.74. The number of benzene rings is 1. The maximum absolute atomic E-state index is 13.8. The van der Waals surface area contributed by atoms with Crippen LogP contribution in [-0.4, -0.2) is 39.8 Å². The molecule has 2 atom stereocenters. The number of hydrogen-bond donors (Lipinski definition) is 1. The summed E-state index contributed by atoms with van der Waals surface area (Å²) in [5, 5.41) is 0.607. The molecule has 3 heterocycles. The summed E-state index contributed by atoms with van der Waals surface area (Å²) in [4.78, 5) is 11.2. The highest BCUT2D eigenvalue weighted by Gasteiger charge is 2.29. The number of anilines is 1. The Morgan fingerprint density at radius 1 is 1.24 bits per heavy atom. The Morgan fingerprint density at radius 2 is 2.08 bits per heavy atom. The predicted molar refractivity (Wildman–Crippen MR) is 97.8 cm³/mol. The molecular formula is C18H19ClFN5. The van der Waals surface area contributed by atoms with Crippen LogP contribution in [0.3, 0.4) is 0 Å². The van der Waals surface area contributed by atoms with Gasteiger partial charge in [0.1, 0.15) is 6.17 Å². The minimum Gasteiger partial charge on any atom is -0.340 e. The number of alkyl halides is 1. The van der Waals surface area contributed by atoms with Crippen molar-refractivity contribution >= 4 is 28.6 Å². The zero-order chi connectivity index (χ0) is 17.4. The van der Waals surface area contributed by atoms with Gasteiger partial charge in [-0.1, -0.05) is 23.7 Å². The molecule has 1 fully saturated rings. The van der Waals surface area contributed by atoms with E-state index >= 15 is 0 Å². The van der Waals surface area contributed by atoms with Gasteiger partial charge in [0, 0.05) is 19.3 Å². The van der Waals surface area contributed by atoms with Gasteiger partial charge < -0.3 is 15.2 Å². The number of aromatic nitrogens is 3. The quantitative estimate of drug-likeness (QED) is 0.781. The smallest absolute Gasteiger partial charge is 0.206 e. The van der Waals surface area contributed by atoms with E-state index in [9.17, 15) is 4.39 Å². The van der Waals surface area contributed by atoms with Crippen molar-refractivity contribution in [2.24, 2.45) is 5.73 Å². The molecule has 7 heteroatoms. The molecule has 0 spiro atoms. The average molecular weight is 360 g/mol. The van der Waals surface area contributed by atoms with Crippen molar-refractivity contribution in [2.45, 2.75) is 25.2 Å². The third-order valence-corrected chi connectivity index (χ3v) is 4.82. The largest absolute Gasteiger partial charge is 0.340 e. The van der Waals surface area contributed by atoms with Gasteiger partial charge in [0.15, 0.2) is 0 Å². The molecule has 130 valence electrons. The van der Waals surface area contributed by atoms with Crippen LogP contribution in [0.4, 0.5) is 10.3 Å². The highest BCUT2D eigenvalue weighted by molar-refractivity contribution is 6.30. The number of pyridine rings is 1. The first-order valence-corrected chi connectivity index (χ1v) is 8.70. The first-order valence-electron chi connectivity index (χ1n) is 8.32. The third-order valence-electron chi connectivity index (χ3n) is 4.60. The zero-order valence-corrected chi connectivity index (χ0v) is 14.4. The number of halogens is 2. The molecule has 1 aromatic carbocycles. The van der Waals surface area contributed by atoms with Crippen molar-refractivity contribution in [1.29, 1.82) is 0 Å². The second kappa shape index (κ2) is 6.61. The predicted octanol–water partition coefficient (Wildman–Crippen LogP) is 3.01. The molecule has 2 N–H and O–H groups in total. The molecule has 0 unspecified atom stereocenters. The van der Waals surface area contributed by atoms with E-state index in [0.29, 0.717) is 31.1 Å². The Morgan fingerprint density at radius 3 is 2.84 bits per heavy atom. The highest BCUT2D eigenvalue weighted by atomic mass is 35.5. The first kappa shape index (κ1) is 16.3. The van der Waals surface area contributed by atoms with Gasteiger partial charge in [0.2, 0.25) is 5.95 Å². The SMILES string of the molecule is N[C@@H]1CN(c2nc3ccccc3n2Cc2ccc(Cl)cn2)CC[C@H]1F.